The van der Waals surface area contributed by atoms with Crippen LogP contribution in [0.5, 0.6) is 0 Å². The Balaban J connectivity index is 4.62. The molecule has 4 nitrogen and oxygen atoms in total. The molecule has 1 amide bonds. The molecule has 0 aromatic carbocycles. The van der Waals surface area contributed by atoms with E-state index in [1.54, 1.807) is 0 Å². The van der Waals surface area contributed by atoms with Crippen LogP contribution < -0.4 is 5.32 Å². The lowest BCUT2D eigenvalue weighted by Crippen LogP contribution is -2.43. The zero-order valence-electron chi connectivity index (χ0n) is 12.1. The van der Waals surface area contributed by atoms with E-state index in [4.69, 9.17) is 4.74 Å². The molecule has 104 valence electrons. The van der Waals surface area contributed by atoms with Gasteiger partial charge in [0.25, 0.3) is 0 Å². The fourth-order valence-electron chi connectivity index (χ4n) is 1.55. The molecule has 0 aliphatic heterocycles. The van der Waals surface area contributed by atoms with Gasteiger partial charge in [0, 0.05) is 5.57 Å². The molecule has 0 aromatic rings. The number of methoxy groups -OCH3 is 1. The van der Waals surface area contributed by atoms with E-state index in [2.05, 4.69) is 11.9 Å². The van der Waals surface area contributed by atoms with Crippen LogP contribution in [-0.4, -0.2) is 25.0 Å². The number of rotatable bonds is 7. The van der Waals surface area contributed by atoms with E-state index in [9.17, 15) is 9.59 Å². The first-order valence-corrected chi connectivity index (χ1v) is 6.40. The molecule has 0 radical (unpaired) electrons. The molecule has 0 heterocycles. The maximum absolute atomic E-state index is 11.9. The molecule has 0 fully saturated rings. The lowest BCUT2D eigenvalue weighted by Gasteiger charge is -2.20. The lowest BCUT2D eigenvalue weighted by molar-refractivity contribution is -0.145. The number of nitrogens with one attached hydrogen (secondary N) is 1. The van der Waals surface area contributed by atoms with Gasteiger partial charge in [-0.3, -0.25) is 4.79 Å². The van der Waals surface area contributed by atoms with Crippen molar-refractivity contribution in [1.29, 1.82) is 0 Å². The van der Waals surface area contributed by atoms with Gasteiger partial charge in [-0.05, 0) is 24.7 Å². The van der Waals surface area contributed by atoms with Crippen molar-refractivity contribution in [3.05, 3.63) is 12.2 Å². The Bertz CT molecular complexity index is 310. The molecule has 1 N–H and O–H groups in total. The first kappa shape index (κ1) is 16.7. The number of carbonyl (C=O) groups excluding carboxylic acids is 2. The molecule has 0 bridgehead atoms. The molecule has 2 unspecified atom stereocenters. The second-order valence-corrected chi connectivity index (χ2v) is 5.01. The van der Waals surface area contributed by atoms with Crippen LogP contribution in [0.1, 0.15) is 40.5 Å². The highest BCUT2D eigenvalue weighted by molar-refractivity contribution is 5.95. The predicted molar refractivity (Wildman–Crippen MR) is 72.0 cm³/mol. The Morgan fingerprint density at radius 3 is 2.22 bits per heavy atom. The summed E-state index contributed by atoms with van der Waals surface area (Å²) < 4.78 is 4.70. The van der Waals surface area contributed by atoms with Crippen molar-refractivity contribution >= 4 is 11.9 Å². The van der Waals surface area contributed by atoms with Gasteiger partial charge in [-0.15, -0.1) is 0 Å². The summed E-state index contributed by atoms with van der Waals surface area (Å²) in [6, 6.07) is -0.594. The van der Waals surface area contributed by atoms with Crippen molar-refractivity contribution in [2.45, 2.75) is 46.6 Å². The summed E-state index contributed by atoms with van der Waals surface area (Å²) >= 11 is 0. The normalized spacial score (nSPS) is 13.9. The van der Waals surface area contributed by atoms with Gasteiger partial charge in [-0.25, -0.2) is 4.79 Å². The summed E-state index contributed by atoms with van der Waals surface area (Å²) in [5.41, 5.74) is 0.509. The van der Waals surface area contributed by atoms with E-state index >= 15 is 0 Å². The van der Waals surface area contributed by atoms with Gasteiger partial charge in [0.2, 0.25) is 5.91 Å². The van der Waals surface area contributed by atoms with Crippen LogP contribution in [0.2, 0.25) is 0 Å². The smallest absolute Gasteiger partial charge is 0.328 e. The topological polar surface area (TPSA) is 55.4 Å². The summed E-state index contributed by atoms with van der Waals surface area (Å²) in [5.74, 6) is -0.261. The molecule has 18 heavy (non-hydrogen) atoms. The minimum Gasteiger partial charge on any atom is -0.467 e. The van der Waals surface area contributed by atoms with Crippen LogP contribution >= 0.6 is 0 Å². The van der Waals surface area contributed by atoms with E-state index in [1.807, 2.05) is 27.7 Å². The van der Waals surface area contributed by atoms with Gasteiger partial charge in [0.05, 0.1) is 7.11 Å². The molecule has 0 aromatic heterocycles. The maximum Gasteiger partial charge on any atom is 0.328 e. The molecule has 0 saturated carbocycles. The minimum absolute atomic E-state index is 0.113. The zero-order valence-corrected chi connectivity index (χ0v) is 12.1. The Kier molecular flexibility index (Phi) is 7.32. The monoisotopic (exact) mass is 255 g/mol. The first-order chi connectivity index (χ1) is 8.33. The van der Waals surface area contributed by atoms with Crippen molar-refractivity contribution in [3.63, 3.8) is 0 Å². The number of hydrogen-bond acceptors (Lipinski definition) is 3. The Hall–Kier alpha value is -1.32. The SMILES string of the molecule is C=C(C(=O)NC(CC(C)C)C(=O)OC)C(C)CC. The summed E-state index contributed by atoms with van der Waals surface area (Å²) in [5, 5.41) is 2.70. The van der Waals surface area contributed by atoms with E-state index < -0.39 is 12.0 Å². The van der Waals surface area contributed by atoms with Crippen LogP contribution in [0.4, 0.5) is 0 Å². The molecule has 4 heteroatoms. The summed E-state index contributed by atoms with van der Waals surface area (Å²) in [4.78, 5) is 23.5. The highest BCUT2D eigenvalue weighted by Gasteiger charge is 2.24. The average Bonchev–Trinajstić information content (AvgIpc) is 2.34. The van der Waals surface area contributed by atoms with Crippen LogP contribution in [0.3, 0.4) is 0 Å². The number of carbonyl (C=O) groups is 2. The lowest BCUT2D eigenvalue weighted by atomic mass is 9.98. The van der Waals surface area contributed by atoms with Gasteiger partial charge in [0.1, 0.15) is 6.04 Å². The van der Waals surface area contributed by atoms with Crippen LogP contribution in [-0.2, 0) is 14.3 Å². The molecule has 0 spiro atoms. The summed E-state index contributed by atoms with van der Waals surface area (Å²) in [7, 11) is 1.32. The number of ether oxygens (including phenoxy) is 1. The molecule has 0 aliphatic rings. The zero-order chi connectivity index (χ0) is 14.3. The standard InChI is InChI=1S/C14H25NO3/c1-7-10(4)11(5)13(16)15-12(8-9(2)3)14(17)18-6/h9-10,12H,5,7-8H2,1-4,6H3,(H,15,16). The minimum atomic E-state index is -0.594. The van der Waals surface area contributed by atoms with Crippen LogP contribution in [0, 0.1) is 11.8 Å². The van der Waals surface area contributed by atoms with Crippen molar-refractivity contribution < 1.29 is 14.3 Å². The van der Waals surface area contributed by atoms with Crippen molar-refractivity contribution in [2.75, 3.05) is 7.11 Å². The summed E-state index contributed by atoms with van der Waals surface area (Å²) in [6.07, 6.45) is 1.41. The highest BCUT2D eigenvalue weighted by atomic mass is 16.5. The fourth-order valence-corrected chi connectivity index (χ4v) is 1.55. The highest BCUT2D eigenvalue weighted by Crippen LogP contribution is 2.13. The van der Waals surface area contributed by atoms with Gasteiger partial charge >= 0.3 is 5.97 Å². The third kappa shape index (κ3) is 5.34. The fraction of sp³-hybridized carbons (Fsp3) is 0.714. The van der Waals surface area contributed by atoms with E-state index in [0.29, 0.717) is 17.9 Å². The van der Waals surface area contributed by atoms with Crippen LogP contribution in [0.15, 0.2) is 12.2 Å². The predicted octanol–water partition coefficient (Wildman–Crippen LogP) is 2.29. The van der Waals surface area contributed by atoms with Crippen molar-refractivity contribution in [2.24, 2.45) is 11.8 Å². The van der Waals surface area contributed by atoms with Crippen LogP contribution in [0.25, 0.3) is 0 Å². The van der Waals surface area contributed by atoms with Crippen molar-refractivity contribution in [1.82, 2.24) is 5.32 Å². The quantitative estimate of drug-likeness (QED) is 0.561. The number of amides is 1. The van der Waals surface area contributed by atoms with E-state index in [0.717, 1.165) is 6.42 Å². The van der Waals surface area contributed by atoms with E-state index in [-0.39, 0.29) is 11.8 Å². The average molecular weight is 255 g/mol. The van der Waals surface area contributed by atoms with Gasteiger partial charge < -0.3 is 10.1 Å². The first-order valence-electron chi connectivity index (χ1n) is 6.40. The molecule has 2 atom stereocenters. The molecule has 0 rings (SSSR count). The largest absolute Gasteiger partial charge is 0.467 e. The third-order valence-electron chi connectivity index (χ3n) is 3.00. The molecular formula is C14H25NO3. The Morgan fingerprint density at radius 1 is 1.28 bits per heavy atom. The molecule has 0 aliphatic carbocycles. The Labute approximate surface area is 110 Å². The van der Waals surface area contributed by atoms with Gasteiger partial charge in [-0.2, -0.15) is 0 Å². The maximum atomic E-state index is 11.9. The molecular weight excluding hydrogens is 230 g/mol. The second-order valence-electron chi connectivity index (χ2n) is 5.01. The Morgan fingerprint density at radius 2 is 1.83 bits per heavy atom. The number of hydrogen-bond donors (Lipinski definition) is 1. The second kappa shape index (κ2) is 7.90. The van der Waals surface area contributed by atoms with E-state index in [1.165, 1.54) is 7.11 Å². The summed E-state index contributed by atoms with van der Waals surface area (Å²) in [6.45, 7) is 11.7. The van der Waals surface area contributed by atoms with Crippen molar-refractivity contribution in [3.8, 4) is 0 Å². The molecule has 0 saturated heterocycles. The third-order valence-corrected chi connectivity index (χ3v) is 3.00. The number of esters is 1. The van der Waals surface area contributed by atoms with Gasteiger partial charge in [-0.1, -0.05) is 34.3 Å². The van der Waals surface area contributed by atoms with Gasteiger partial charge in [0.15, 0.2) is 0 Å².